The summed E-state index contributed by atoms with van der Waals surface area (Å²) >= 11 is 0. The lowest BCUT2D eigenvalue weighted by Gasteiger charge is -2.30. The third-order valence-electron chi connectivity index (χ3n) is 4.46. The smallest absolute Gasteiger partial charge is 0.331 e. The summed E-state index contributed by atoms with van der Waals surface area (Å²) in [7, 11) is 2.86. The number of methoxy groups -OCH3 is 2. The fraction of sp³-hybridized carbons (Fsp3) is 0.391. The van der Waals surface area contributed by atoms with E-state index in [4.69, 9.17) is 19.9 Å². The Labute approximate surface area is 177 Å². The molecule has 0 heterocycles. The molecule has 0 aliphatic heterocycles. The van der Waals surface area contributed by atoms with Crippen LogP contribution in [0.4, 0.5) is 5.69 Å². The van der Waals surface area contributed by atoms with E-state index in [0.717, 1.165) is 11.1 Å². The molecule has 0 aromatic heterocycles. The maximum Gasteiger partial charge on any atom is 0.331 e. The summed E-state index contributed by atoms with van der Waals surface area (Å²) < 4.78 is 16.1. The summed E-state index contributed by atoms with van der Waals surface area (Å²) in [6.45, 7) is 7.32. The zero-order chi connectivity index (χ0) is 22.5. The number of esters is 1. The Balaban J connectivity index is 2.27. The van der Waals surface area contributed by atoms with Crippen molar-refractivity contribution in [2.75, 3.05) is 20.0 Å². The van der Waals surface area contributed by atoms with E-state index in [1.54, 1.807) is 32.2 Å². The van der Waals surface area contributed by atoms with Crippen molar-refractivity contribution in [3.8, 4) is 16.9 Å². The number of carbonyl (C=O) groups excluding carboxylic acids is 2. The van der Waals surface area contributed by atoms with Crippen molar-refractivity contribution < 1.29 is 23.8 Å². The fourth-order valence-electron chi connectivity index (χ4n) is 3.16. The second kappa shape index (κ2) is 9.63. The van der Waals surface area contributed by atoms with Crippen LogP contribution in [0.1, 0.15) is 38.1 Å². The summed E-state index contributed by atoms with van der Waals surface area (Å²) in [5, 5.41) is 2.69. The van der Waals surface area contributed by atoms with Crippen LogP contribution in [0.15, 0.2) is 42.5 Å². The highest BCUT2D eigenvalue weighted by Gasteiger charge is 2.32. The summed E-state index contributed by atoms with van der Waals surface area (Å²) in [4.78, 5) is 25.1. The van der Waals surface area contributed by atoms with Crippen molar-refractivity contribution in [1.29, 1.82) is 0 Å². The molecule has 0 fully saturated rings. The molecule has 1 unspecified atom stereocenters. The summed E-state index contributed by atoms with van der Waals surface area (Å²) in [6, 6.07) is 11.7. The standard InChI is InChI=1S/C23H30N2O5/c1-14(30-23(2,3)4)20(22(27)29-6)25-21(26)17-12-11-15(13-18(17)24)16-9-7-8-10-19(16)28-5/h7-14,20H,24H2,1-6H3,(H,25,26)/t14?,20-/m0/s1. The van der Waals surface area contributed by atoms with Crippen LogP contribution in [0.2, 0.25) is 0 Å². The maximum atomic E-state index is 12.9. The number of benzene rings is 2. The molecule has 3 N–H and O–H groups in total. The van der Waals surface area contributed by atoms with Gasteiger partial charge in [-0.2, -0.15) is 0 Å². The van der Waals surface area contributed by atoms with Gasteiger partial charge in [0.1, 0.15) is 5.75 Å². The molecule has 7 heteroatoms. The lowest BCUT2D eigenvalue weighted by molar-refractivity contribution is -0.150. The Morgan fingerprint density at radius 2 is 1.73 bits per heavy atom. The van der Waals surface area contributed by atoms with Crippen molar-refractivity contribution >= 4 is 17.6 Å². The first-order chi connectivity index (χ1) is 14.1. The van der Waals surface area contributed by atoms with E-state index in [1.165, 1.54) is 7.11 Å². The topological polar surface area (TPSA) is 99.9 Å². The number of ether oxygens (including phenoxy) is 3. The van der Waals surface area contributed by atoms with Gasteiger partial charge in [-0.3, -0.25) is 4.79 Å². The summed E-state index contributed by atoms with van der Waals surface area (Å²) in [5.74, 6) is -0.379. The molecule has 2 aromatic carbocycles. The number of para-hydroxylation sites is 1. The first-order valence-corrected chi connectivity index (χ1v) is 9.66. The molecule has 0 radical (unpaired) electrons. The van der Waals surface area contributed by atoms with Crippen LogP contribution in [-0.2, 0) is 14.3 Å². The van der Waals surface area contributed by atoms with E-state index in [0.29, 0.717) is 5.75 Å². The van der Waals surface area contributed by atoms with Gasteiger partial charge in [-0.1, -0.05) is 24.3 Å². The highest BCUT2D eigenvalue weighted by atomic mass is 16.5. The minimum absolute atomic E-state index is 0.255. The minimum atomic E-state index is -0.977. The molecule has 162 valence electrons. The van der Waals surface area contributed by atoms with Gasteiger partial charge in [0.15, 0.2) is 6.04 Å². The fourth-order valence-corrected chi connectivity index (χ4v) is 3.16. The van der Waals surface area contributed by atoms with Crippen molar-refractivity contribution in [3.05, 3.63) is 48.0 Å². The zero-order valence-corrected chi connectivity index (χ0v) is 18.3. The maximum absolute atomic E-state index is 12.9. The van der Waals surface area contributed by atoms with Crippen LogP contribution in [-0.4, -0.2) is 43.8 Å². The van der Waals surface area contributed by atoms with E-state index >= 15 is 0 Å². The minimum Gasteiger partial charge on any atom is -0.496 e. The van der Waals surface area contributed by atoms with Gasteiger partial charge in [-0.05, 0) is 51.5 Å². The molecule has 0 aliphatic rings. The molecule has 2 aromatic rings. The predicted molar refractivity (Wildman–Crippen MR) is 116 cm³/mol. The quantitative estimate of drug-likeness (QED) is 0.532. The summed E-state index contributed by atoms with van der Waals surface area (Å²) in [5.41, 5.74) is 7.88. The lowest BCUT2D eigenvalue weighted by atomic mass is 10.0. The molecule has 0 spiro atoms. The third-order valence-corrected chi connectivity index (χ3v) is 4.46. The molecular formula is C23H30N2O5. The predicted octanol–water partition coefficient (Wildman–Crippen LogP) is 3.42. The number of nitrogen functional groups attached to an aromatic ring is 1. The Hall–Kier alpha value is -3.06. The first kappa shape index (κ1) is 23.2. The van der Waals surface area contributed by atoms with Gasteiger partial charge < -0.3 is 25.3 Å². The monoisotopic (exact) mass is 414 g/mol. The van der Waals surface area contributed by atoms with E-state index in [2.05, 4.69) is 5.32 Å². The number of rotatable bonds is 7. The SMILES string of the molecule is COC(=O)[C@@H](NC(=O)c1ccc(-c2ccccc2OC)cc1N)C(C)OC(C)(C)C. The Morgan fingerprint density at radius 3 is 2.30 bits per heavy atom. The number of hydrogen-bond acceptors (Lipinski definition) is 6. The molecular weight excluding hydrogens is 384 g/mol. The van der Waals surface area contributed by atoms with E-state index in [-0.39, 0.29) is 11.3 Å². The van der Waals surface area contributed by atoms with E-state index in [9.17, 15) is 9.59 Å². The normalized spacial score (nSPS) is 13.3. The number of hydrogen-bond donors (Lipinski definition) is 2. The van der Waals surface area contributed by atoms with Crippen LogP contribution in [0.5, 0.6) is 5.75 Å². The molecule has 2 atom stereocenters. The largest absolute Gasteiger partial charge is 0.496 e. The van der Waals surface area contributed by atoms with Gasteiger partial charge >= 0.3 is 5.97 Å². The Bertz CT molecular complexity index is 905. The van der Waals surface area contributed by atoms with Gasteiger partial charge in [-0.15, -0.1) is 0 Å². The molecule has 0 bridgehead atoms. The third kappa shape index (κ3) is 5.73. The van der Waals surface area contributed by atoms with Gasteiger partial charge in [-0.25, -0.2) is 4.79 Å². The molecule has 7 nitrogen and oxygen atoms in total. The molecule has 0 saturated heterocycles. The van der Waals surface area contributed by atoms with E-state index < -0.39 is 29.6 Å². The van der Waals surface area contributed by atoms with Crippen molar-refractivity contribution in [1.82, 2.24) is 5.32 Å². The van der Waals surface area contributed by atoms with Crippen molar-refractivity contribution in [2.24, 2.45) is 0 Å². The molecule has 30 heavy (non-hydrogen) atoms. The van der Waals surface area contributed by atoms with Gasteiger partial charge in [0.05, 0.1) is 31.5 Å². The lowest BCUT2D eigenvalue weighted by Crippen LogP contribution is -2.51. The Kier molecular flexibility index (Phi) is 7.45. The zero-order valence-electron chi connectivity index (χ0n) is 18.3. The molecule has 2 rings (SSSR count). The van der Waals surface area contributed by atoms with Crippen LogP contribution in [0.3, 0.4) is 0 Å². The number of carbonyl (C=O) groups is 2. The second-order valence-corrected chi connectivity index (χ2v) is 7.91. The number of nitrogens with two attached hydrogens (primary N) is 1. The first-order valence-electron chi connectivity index (χ1n) is 9.66. The number of amides is 1. The average Bonchev–Trinajstić information content (AvgIpc) is 2.69. The molecule has 0 saturated carbocycles. The van der Waals surface area contributed by atoms with Crippen LogP contribution >= 0.6 is 0 Å². The van der Waals surface area contributed by atoms with Crippen LogP contribution < -0.4 is 15.8 Å². The van der Waals surface area contributed by atoms with Crippen molar-refractivity contribution in [2.45, 2.75) is 45.4 Å². The van der Waals surface area contributed by atoms with Crippen molar-refractivity contribution in [3.63, 3.8) is 0 Å². The van der Waals surface area contributed by atoms with Gasteiger partial charge in [0, 0.05) is 11.3 Å². The number of anilines is 1. The second-order valence-electron chi connectivity index (χ2n) is 7.91. The van der Waals surface area contributed by atoms with E-state index in [1.807, 2.05) is 45.0 Å². The Morgan fingerprint density at radius 1 is 1.07 bits per heavy atom. The van der Waals surface area contributed by atoms with Crippen LogP contribution in [0.25, 0.3) is 11.1 Å². The molecule has 0 aliphatic carbocycles. The highest BCUT2D eigenvalue weighted by molar-refractivity contribution is 6.01. The van der Waals surface area contributed by atoms with Gasteiger partial charge in [0.2, 0.25) is 0 Å². The molecule has 1 amide bonds. The highest BCUT2D eigenvalue weighted by Crippen LogP contribution is 2.31. The average molecular weight is 415 g/mol. The van der Waals surface area contributed by atoms with Crippen LogP contribution in [0, 0.1) is 0 Å². The van der Waals surface area contributed by atoms with Gasteiger partial charge in [0.25, 0.3) is 5.91 Å². The summed E-state index contributed by atoms with van der Waals surface area (Å²) in [6.07, 6.45) is -0.601. The number of nitrogens with one attached hydrogen (secondary N) is 1.